The number of nitrogens with zero attached hydrogens (tertiary/aromatic N) is 3. The van der Waals surface area contributed by atoms with Crippen LogP contribution in [-0.4, -0.2) is 47.5 Å². The average molecular weight is 384 g/mol. The number of carbonyl (C=O) groups excluding carboxylic acids is 1. The molecule has 0 unspecified atom stereocenters. The molecule has 0 aliphatic heterocycles. The number of nitrogens with one attached hydrogen (secondary N) is 1. The van der Waals surface area contributed by atoms with Crippen LogP contribution in [-0.2, 0) is 0 Å². The molecule has 1 saturated carbocycles. The summed E-state index contributed by atoms with van der Waals surface area (Å²) in [6, 6.07) is 2.78. The van der Waals surface area contributed by atoms with Crippen LogP contribution in [0.5, 0.6) is 11.9 Å². The first-order valence-corrected chi connectivity index (χ1v) is 8.28. The fourth-order valence-electron chi connectivity index (χ4n) is 2.76. The largest absolute Gasteiger partial charge is 0.481 e. The smallest absolute Gasteiger partial charge is 0.394 e. The second-order valence-corrected chi connectivity index (χ2v) is 6.33. The lowest BCUT2D eigenvalue weighted by Crippen LogP contribution is -2.33. The highest BCUT2D eigenvalue weighted by atomic mass is 19.4. The van der Waals surface area contributed by atoms with E-state index in [2.05, 4.69) is 15.3 Å². The number of alkyl halides is 3. The highest BCUT2D eigenvalue weighted by molar-refractivity contribution is 5.79. The minimum atomic E-state index is -4.24. The Kier molecular flexibility index (Phi) is 4.99. The molecule has 2 heterocycles. The van der Waals surface area contributed by atoms with Crippen molar-refractivity contribution in [2.75, 3.05) is 20.8 Å². The van der Waals surface area contributed by atoms with Crippen LogP contribution in [0.3, 0.4) is 0 Å². The summed E-state index contributed by atoms with van der Waals surface area (Å²) in [6.07, 6.45) is -1.20. The number of rotatable bonds is 6. The van der Waals surface area contributed by atoms with Gasteiger partial charge in [-0.2, -0.15) is 18.2 Å². The molecule has 0 aromatic carbocycles. The molecule has 2 aromatic heterocycles. The topological polar surface area (TPSA) is 78.3 Å². The van der Waals surface area contributed by atoms with E-state index in [1.165, 1.54) is 26.6 Å². The molecule has 0 saturated heterocycles. The Labute approximate surface area is 153 Å². The predicted octanol–water partition coefficient (Wildman–Crippen LogP) is 3.25. The number of amides is 1. The van der Waals surface area contributed by atoms with Gasteiger partial charge in [0.15, 0.2) is 0 Å². The van der Waals surface area contributed by atoms with Gasteiger partial charge < -0.3 is 14.8 Å². The maximum atomic E-state index is 12.9. The normalized spacial score (nSPS) is 15.3. The molecule has 3 rings (SSSR count). The maximum absolute atomic E-state index is 12.9. The van der Waals surface area contributed by atoms with Crippen molar-refractivity contribution in [3.63, 3.8) is 0 Å². The van der Waals surface area contributed by atoms with E-state index in [0.29, 0.717) is 17.1 Å². The first-order valence-electron chi connectivity index (χ1n) is 8.28. The number of halogens is 3. The number of hydrogen-bond donors (Lipinski definition) is 1. The molecule has 27 heavy (non-hydrogen) atoms. The van der Waals surface area contributed by atoms with Crippen molar-refractivity contribution in [1.82, 2.24) is 19.9 Å². The number of imidazole rings is 1. The molecule has 1 fully saturated rings. The van der Waals surface area contributed by atoms with E-state index in [-0.39, 0.29) is 31.8 Å². The first kappa shape index (κ1) is 19.0. The Hall–Kier alpha value is -2.78. The number of ether oxygens (including phenoxy) is 2. The minimum absolute atomic E-state index is 0.0234. The lowest BCUT2D eigenvalue weighted by Gasteiger charge is -2.19. The number of methoxy groups -OCH3 is 2. The summed E-state index contributed by atoms with van der Waals surface area (Å²) in [6.45, 7) is -0.0842. The van der Waals surface area contributed by atoms with Crippen molar-refractivity contribution in [2.45, 2.75) is 25.4 Å². The van der Waals surface area contributed by atoms with E-state index >= 15 is 0 Å². The molecular formula is C17H19F3N4O3. The second-order valence-electron chi connectivity index (χ2n) is 6.33. The van der Waals surface area contributed by atoms with E-state index in [1.807, 2.05) is 0 Å². The Morgan fingerprint density at radius 2 is 2.04 bits per heavy atom. The quantitative estimate of drug-likeness (QED) is 0.827. The summed E-state index contributed by atoms with van der Waals surface area (Å²) in [4.78, 5) is 20.6. The third-order valence-electron chi connectivity index (χ3n) is 4.65. The minimum Gasteiger partial charge on any atom is -0.481 e. The summed E-state index contributed by atoms with van der Waals surface area (Å²) in [7, 11) is 2.85. The predicted molar refractivity (Wildman–Crippen MR) is 89.7 cm³/mol. The highest BCUT2D eigenvalue weighted by Crippen LogP contribution is 2.59. The van der Waals surface area contributed by atoms with Gasteiger partial charge in [-0.05, 0) is 25.3 Å². The maximum Gasteiger partial charge on any atom is 0.394 e. The average Bonchev–Trinajstić information content (AvgIpc) is 3.32. The molecule has 0 bridgehead atoms. The van der Waals surface area contributed by atoms with Gasteiger partial charge >= 0.3 is 18.2 Å². The summed E-state index contributed by atoms with van der Waals surface area (Å²) in [5, 5.41) is 2.49. The van der Waals surface area contributed by atoms with Crippen LogP contribution in [0.4, 0.5) is 18.0 Å². The molecule has 2 aromatic rings. The van der Waals surface area contributed by atoms with Crippen molar-refractivity contribution in [3.8, 4) is 23.1 Å². The van der Waals surface area contributed by atoms with Crippen molar-refractivity contribution in [1.29, 1.82) is 0 Å². The van der Waals surface area contributed by atoms with Crippen molar-refractivity contribution >= 4 is 6.03 Å². The number of hydrogen-bond acceptors (Lipinski definition) is 5. The summed E-state index contributed by atoms with van der Waals surface area (Å²) in [5.74, 6) is 0.432. The Bertz CT molecular complexity index is 814. The molecule has 0 radical (unpaired) electrons. The number of carbonyl (C=O) groups is 1. The Morgan fingerprint density at radius 3 is 2.56 bits per heavy atom. The van der Waals surface area contributed by atoms with Gasteiger partial charge in [0, 0.05) is 30.6 Å². The molecule has 7 nitrogen and oxygen atoms in total. The third-order valence-corrected chi connectivity index (χ3v) is 4.65. The van der Waals surface area contributed by atoms with Crippen molar-refractivity contribution in [2.24, 2.45) is 5.41 Å². The van der Waals surface area contributed by atoms with Crippen LogP contribution in [0.2, 0.25) is 0 Å². The Morgan fingerprint density at radius 1 is 1.30 bits per heavy atom. The summed E-state index contributed by atoms with van der Waals surface area (Å²) < 4.78 is 50.0. The van der Waals surface area contributed by atoms with Gasteiger partial charge in [0.25, 0.3) is 0 Å². The molecule has 1 amide bonds. The first-order chi connectivity index (χ1) is 12.8. The standard InChI is InChI=1S/C17H19F3N4O3/c1-26-13-4-3-11(9-22-13)12-10-24(15(23-12)27-2)14(25)21-8-7-16(5-6-16)17(18,19)20/h3-4,9-10H,5-8H2,1-2H3,(H,21,25). The lowest BCUT2D eigenvalue weighted by molar-refractivity contribution is -0.188. The molecule has 1 aliphatic carbocycles. The van der Waals surface area contributed by atoms with Gasteiger partial charge in [-0.1, -0.05) is 0 Å². The van der Waals surface area contributed by atoms with Crippen LogP contribution in [0.25, 0.3) is 11.3 Å². The van der Waals surface area contributed by atoms with Gasteiger partial charge in [0.1, 0.15) is 0 Å². The van der Waals surface area contributed by atoms with Crippen LogP contribution in [0, 0.1) is 5.41 Å². The molecule has 0 atom stereocenters. The van der Waals surface area contributed by atoms with Crippen LogP contribution in [0.1, 0.15) is 19.3 Å². The lowest BCUT2D eigenvalue weighted by atomic mass is 10.0. The van der Waals surface area contributed by atoms with Crippen LogP contribution >= 0.6 is 0 Å². The van der Waals surface area contributed by atoms with E-state index in [0.717, 1.165) is 4.57 Å². The van der Waals surface area contributed by atoms with Gasteiger partial charge in [0.2, 0.25) is 5.88 Å². The van der Waals surface area contributed by atoms with Gasteiger partial charge in [-0.3, -0.25) is 0 Å². The van der Waals surface area contributed by atoms with E-state index in [1.54, 1.807) is 12.1 Å². The van der Waals surface area contributed by atoms with Crippen molar-refractivity contribution < 1.29 is 27.4 Å². The van der Waals surface area contributed by atoms with E-state index in [9.17, 15) is 18.0 Å². The second kappa shape index (κ2) is 7.09. The number of aromatic nitrogens is 3. The summed E-state index contributed by atoms with van der Waals surface area (Å²) in [5.41, 5.74) is -0.583. The monoisotopic (exact) mass is 384 g/mol. The Balaban J connectivity index is 1.68. The molecule has 146 valence electrons. The van der Waals surface area contributed by atoms with Crippen LogP contribution in [0.15, 0.2) is 24.5 Å². The highest BCUT2D eigenvalue weighted by Gasteiger charge is 2.62. The van der Waals surface area contributed by atoms with Gasteiger partial charge in [0.05, 0.1) is 25.3 Å². The fraction of sp³-hybridized carbons (Fsp3) is 0.471. The van der Waals surface area contributed by atoms with E-state index < -0.39 is 17.6 Å². The molecule has 10 heteroatoms. The molecule has 1 N–H and O–H groups in total. The molecule has 0 spiro atoms. The molecule has 1 aliphatic rings. The zero-order chi connectivity index (χ0) is 19.7. The van der Waals surface area contributed by atoms with Crippen molar-refractivity contribution in [3.05, 3.63) is 24.5 Å². The third kappa shape index (κ3) is 3.83. The van der Waals surface area contributed by atoms with Gasteiger partial charge in [-0.15, -0.1) is 0 Å². The van der Waals surface area contributed by atoms with Crippen LogP contribution < -0.4 is 14.8 Å². The number of pyridine rings is 1. The molecular weight excluding hydrogens is 365 g/mol. The van der Waals surface area contributed by atoms with E-state index in [4.69, 9.17) is 9.47 Å². The zero-order valence-electron chi connectivity index (χ0n) is 14.8. The zero-order valence-corrected chi connectivity index (χ0v) is 14.8. The SMILES string of the molecule is COc1ccc(-c2cn(C(=O)NCCC3(C(F)(F)F)CC3)c(OC)n2)cn1. The van der Waals surface area contributed by atoms with Gasteiger partial charge in [-0.25, -0.2) is 14.3 Å². The fourth-order valence-corrected chi connectivity index (χ4v) is 2.76. The summed E-state index contributed by atoms with van der Waals surface area (Å²) >= 11 is 0.